The van der Waals surface area contributed by atoms with Crippen molar-refractivity contribution in [1.29, 1.82) is 0 Å². The fraction of sp³-hybridized carbons (Fsp3) is 0.286. The van der Waals surface area contributed by atoms with Gasteiger partial charge in [-0.1, -0.05) is 18.2 Å². The molecule has 0 fully saturated rings. The van der Waals surface area contributed by atoms with E-state index in [-0.39, 0.29) is 5.69 Å². The van der Waals surface area contributed by atoms with E-state index < -0.39 is 4.92 Å². The van der Waals surface area contributed by atoms with Gasteiger partial charge >= 0.3 is 0 Å². The van der Waals surface area contributed by atoms with Crippen LogP contribution in [0.2, 0.25) is 0 Å². The number of nitrogens with zero attached hydrogens (tertiary/aromatic N) is 5. The van der Waals surface area contributed by atoms with Gasteiger partial charge in [0.05, 0.1) is 16.3 Å². The van der Waals surface area contributed by atoms with E-state index >= 15 is 0 Å². The largest absolute Gasteiger partial charge is 0.366 e. The second-order valence-corrected chi connectivity index (χ2v) is 7.04. The van der Waals surface area contributed by atoms with Crippen molar-refractivity contribution in [2.24, 2.45) is 0 Å². The van der Waals surface area contributed by atoms with Crippen LogP contribution in [0.5, 0.6) is 0 Å². The van der Waals surface area contributed by atoms with Gasteiger partial charge in [0.1, 0.15) is 5.82 Å². The first-order valence-corrected chi connectivity index (χ1v) is 9.67. The summed E-state index contributed by atoms with van der Waals surface area (Å²) in [5, 5.41) is 17.5. The number of nitro benzene ring substituents is 1. The third-order valence-electron chi connectivity index (χ3n) is 4.31. The van der Waals surface area contributed by atoms with Crippen LogP contribution >= 0.6 is 0 Å². The summed E-state index contributed by atoms with van der Waals surface area (Å²) in [7, 11) is 4.07. The molecule has 0 spiro atoms. The molecule has 0 unspecified atom stereocenters. The molecule has 0 radical (unpaired) electrons. The third-order valence-corrected chi connectivity index (χ3v) is 4.31. The number of non-ortho nitro benzene ring substituents is 1. The van der Waals surface area contributed by atoms with Crippen molar-refractivity contribution in [3.63, 3.8) is 0 Å². The zero-order chi connectivity index (χ0) is 21.3. The van der Waals surface area contributed by atoms with Gasteiger partial charge in [0.25, 0.3) is 5.69 Å². The molecule has 156 valence electrons. The lowest BCUT2D eigenvalue weighted by Gasteiger charge is -2.12. The Hall–Kier alpha value is -3.59. The van der Waals surface area contributed by atoms with Crippen LogP contribution in [0.25, 0.3) is 11.4 Å². The number of rotatable bonds is 10. The fourth-order valence-corrected chi connectivity index (χ4v) is 2.83. The number of pyridine rings is 1. The minimum absolute atomic E-state index is 0.0643. The molecule has 2 N–H and O–H groups in total. The molecule has 1 aromatic carbocycles. The van der Waals surface area contributed by atoms with Gasteiger partial charge in [-0.05, 0) is 44.8 Å². The predicted octanol–water partition coefficient (Wildman–Crippen LogP) is 3.42. The van der Waals surface area contributed by atoms with Crippen LogP contribution in [0.4, 0.5) is 17.5 Å². The Morgan fingerprint density at radius 1 is 1.03 bits per heavy atom. The lowest BCUT2D eigenvalue weighted by molar-refractivity contribution is -0.384. The Morgan fingerprint density at radius 3 is 2.63 bits per heavy atom. The van der Waals surface area contributed by atoms with Crippen molar-refractivity contribution in [2.45, 2.75) is 13.0 Å². The monoisotopic (exact) mass is 407 g/mol. The van der Waals surface area contributed by atoms with Crippen molar-refractivity contribution >= 4 is 17.5 Å². The molecule has 0 aliphatic rings. The molecular formula is C21H25N7O2. The second-order valence-electron chi connectivity index (χ2n) is 7.04. The van der Waals surface area contributed by atoms with Crippen LogP contribution in [0, 0.1) is 10.1 Å². The van der Waals surface area contributed by atoms with Gasteiger partial charge in [-0.2, -0.15) is 4.98 Å². The summed E-state index contributed by atoms with van der Waals surface area (Å²) in [4.78, 5) is 26.2. The van der Waals surface area contributed by atoms with Gasteiger partial charge in [-0.15, -0.1) is 0 Å². The molecule has 0 saturated heterocycles. The molecule has 0 amide bonds. The fourth-order valence-electron chi connectivity index (χ4n) is 2.83. The summed E-state index contributed by atoms with van der Waals surface area (Å²) < 4.78 is 0. The molecule has 3 rings (SSSR count). The molecule has 0 bridgehead atoms. The van der Waals surface area contributed by atoms with Crippen LogP contribution in [0.1, 0.15) is 12.0 Å². The minimum atomic E-state index is -0.400. The normalized spacial score (nSPS) is 10.8. The Bertz CT molecular complexity index is 980. The topological polar surface area (TPSA) is 109 Å². The zero-order valence-corrected chi connectivity index (χ0v) is 17.1. The van der Waals surface area contributed by atoms with Crippen LogP contribution in [-0.2, 0) is 6.54 Å². The maximum Gasteiger partial charge on any atom is 0.269 e. The third kappa shape index (κ3) is 6.21. The average molecular weight is 407 g/mol. The highest BCUT2D eigenvalue weighted by Gasteiger charge is 2.09. The van der Waals surface area contributed by atoms with Gasteiger partial charge in [0.2, 0.25) is 5.95 Å². The second kappa shape index (κ2) is 10.3. The lowest BCUT2D eigenvalue weighted by atomic mass is 10.2. The zero-order valence-electron chi connectivity index (χ0n) is 17.1. The van der Waals surface area contributed by atoms with E-state index in [1.165, 1.54) is 6.07 Å². The molecule has 0 saturated carbocycles. The average Bonchev–Trinajstić information content (AvgIpc) is 2.76. The molecule has 2 heterocycles. The summed E-state index contributed by atoms with van der Waals surface area (Å²) in [5.74, 6) is 1.13. The van der Waals surface area contributed by atoms with Crippen LogP contribution in [-0.4, -0.2) is 52.0 Å². The Labute approximate surface area is 175 Å². The summed E-state index contributed by atoms with van der Waals surface area (Å²) in [5.41, 5.74) is 2.30. The van der Waals surface area contributed by atoms with Gasteiger partial charge < -0.3 is 15.5 Å². The highest BCUT2D eigenvalue weighted by molar-refractivity contribution is 5.61. The SMILES string of the molecule is CN(C)CCCNc1nc(NCc2cccc([N+](=O)[O-])c2)cc(-c2ccccn2)n1. The standard InChI is InChI=1S/C21H25N7O2/c1-27(2)12-6-11-23-21-25-19(18-9-3-4-10-22-18)14-20(26-21)24-15-16-7-5-8-17(13-16)28(29)30/h3-5,7-10,13-14H,6,11-12,15H2,1-2H3,(H2,23,24,25,26). The molecule has 0 atom stereocenters. The Kier molecular flexibility index (Phi) is 7.23. The van der Waals surface area contributed by atoms with Crippen molar-refractivity contribution in [3.8, 4) is 11.4 Å². The maximum atomic E-state index is 11.0. The van der Waals surface area contributed by atoms with Crippen molar-refractivity contribution in [1.82, 2.24) is 19.9 Å². The summed E-state index contributed by atoms with van der Waals surface area (Å²) in [6.07, 6.45) is 2.68. The van der Waals surface area contributed by atoms with E-state index in [0.717, 1.165) is 30.8 Å². The van der Waals surface area contributed by atoms with E-state index in [1.54, 1.807) is 18.3 Å². The van der Waals surface area contributed by atoms with Crippen LogP contribution in [0.15, 0.2) is 54.7 Å². The van der Waals surface area contributed by atoms with Crippen molar-refractivity contribution in [3.05, 3.63) is 70.4 Å². The first-order valence-electron chi connectivity index (χ1n) is 9.67. The van der Waals surface area contributed by atoms with E-state index in [9.17, 15) is 10.1 Å². The molecule has 2 aromatic heterocycles. The molecule has 30 heavy (non-hydrogen) atoms. The molecule has 0 aliphatic heterocycles. The number of hydrogen-bond donors (Lipinski definition) is 2. The lowest BCUT2D eigenvalue weighted by Crippen LogP contribution is -2.17. The Morgan fingerprint density at radius 2 is 1.90 bits per heavy atom. The van der Waals surface area contributed by atoms with E-state index in [0.29, 0.717) is 24.0 Å². The highest BCUT2D eigenvalue weighted by Crippen LogP contribution is 2.21. The number of benzene rings is 1. The van der Waals surface area contributed by atoms with Gasteiger partial charge in [-0.25, -0.2) is 4.98 Å². The quantitative estimate of drug-likeness (QED) is 0.299. The number of nitrogens with one attached hydrogen (secondary N) is 2. The molecule has 9 heteroatoms. The highest BCUT2D eigenvalue weighted by atomic mass is 16.6. The summed E-state index contributed by atoms with van der Waals surface area (Å²) >= 11 is 0. The number of anilines is 2. The molecular weight excluding hydrogens is 382 g/mol. The van der Waals surface area contributed by atoms with Gasteiger partial charge in [-0.3, -0.25) is 15.1 Å². The summed E-state index contributed by atoms with van der Waals surface area (Å²) in [6.45, 7) is 2.11. The number of hydrogen-bond acceptors (Lipinski definition) is 8. The number of aromatic nitrogens is 3. The summed E-state index contributed by atoms with van der Waals surface area (Å²) in [6, 6.07) is 14.0. The molecule has 3 aromatic rings. The first-order chi connectivity index (χ1) is 14.5. The minimum Gasteiger partial charge on any atom is -0.366 e. The van der Waals surface area contributed by atoms with E-state index in [4.69, 9.17) is 0 Å². The first kappa shape index (κ1) is 21.1. The van der Waals surface area contributed by atoms with Crippen molar-refractivity contribution in [2.75, 3.05) is 37.8 Å². The molecule has 9 nitrogen and oxygen atoms in total. The van der Waals surface area contributed by atoms with E-state index in [2.05, 4.69) is 30.5 Å². The van der Waals surface area contributed by atoms with Gasteiger partial charge in [0.15, 0.2) is 0 Å². The van der Waals surface area contributed by atoms with Crippen molar-refractivity contribution < 1.29 is 4.92 Å². The van der Waals surface area contributed by atoms with Gasteiger partial charge in [0, 0.05) is 37.5 Å². The number of nitro groups is 1. The molecule has 0 aliphatic carbocycles. The van der Waals surface area contributed by atoms with Crippen LogP contribution < -0.4 is 10.6 Å². The maximum absolute atomic E-state index is 11.0. The Balaban J connectivity index is 1.77. The van der Waals surface area contributed by atoms with Crippen LogP contribution in [0.3, 0.4) is 0 Å². The van der Waals surface area contributed by atoms with E-state index in [1.807, 2.05) is 44.4 Å². The smallest absolute Gasteiger partial charge is 0.269 e. The predicted molar refractivity (Wildman–Crippen MR) is 117 cm³/mol.